The predicted molar refractivity (Wildman–Crippen MR) is 133 cm³/mol. The number of benzene rings is 2. The maximum absolute atomic E-state index is 6.04. The number of guanidine groups is 1. The number of para-hydroxylation sites is 1. The number of ether oxygens (including phenoxy) is 3. The van der Waals surface area contributed by atoms with Crippen LogP contribution in [0.1, 0.15) is 29.5 Å². The van der Waals surface area contributed by atoms with E-state index in [1.165, 1.54) is 16.7 Å². The van der Waals surface area contributed by atoms with Crippen LogP contribution < -0.4 is 15.4 Å². The SMILES string of the molecule is CN=C(NCc1cccc(COC2CCOCC2)c1)NCC1Cc2ccccc2O1.I. The molecular weight excluding hydrogens is 505 g/mol. The lowest BCUT2D eigenvalue weighted by Crippen LogP contribution is -2.41. The Morgan fingerprint density at radius 3 is 2.68 bits per heavy atom. The first-order chi connectivity index (χ1) is 14.8. The van der Waals surface area contributed by atoms with E-state index in [1.54, 1.807) is 7.05 Å². The average Bonchev–Trinajstić information content (AvgIpc) is 3.22. The van der Waals surface area contributed by atoms with Gasteiger partial charge in [-0.05, 0) is 35.6 Å². The third-order valence-electron chi connectivity index (χ3n) is 5.54. The van der Waals surface area contributed by atoms with Crippen molar-refractivity contribution >= 4 is 29.9 Å². The van der Waals surface area contributed by atoms with Crippen LogP contribution in [0.2, 0.25) is 0 Å². The zero-order valence-electron chi connectivity index (χ0n) is 18.0. The van der Waals surface area contributed by atoms with Gasteiger partial charge in [-0.2, -0.15) is 0 Å². The number of hydrogen-bond donors (Lipinski definition) is 2. The number of rotatable bonds is 7. The van der Waals surface area contributed by atoms with Crippen LogP contribution in [0.3, 0.4) is 0 Å². The van der Waals surface area contributed by atoms with E-state index in [0.717, 1.165) is 44.2 Å². The molecule has 6 nitrogen and oxygen atoms in total. The molecular formula is C24H32IN3O3. The van der Waals surface area contributed by atoms with Crippen LogP contribution in [0, 0.1) is 0 Å². The summed E-state index contributed by atoms with van der Waals surface area (Å²) < 4.78 is 17.4. The van der Waals surface area contributed by atoms with Crippen molar-refractivity contribution in [2.45, 2.75) is 44.6 Å². The normalized spacial score (nSPS) is 18.6. The first kappa shape index (κ1) is 23.8. The van der Waals surface area contributed by atoms with Crippen molar-refractivity contribution < 1.29 is 14.2 Å². The van der Waals surface area contributed by atoms with Crippen molar-refractivity contribution in [3.63, 3.8) is 0 Å². The molecule has 2 aromatic rings. The Labute approximate surface area is 201 Å². The van der Waals surface area contributed by atoms with Gasteiger partial charge in [0.1, 0.15) is 11.9 Å². The van der Waals surface area contributed by atoms with Gasteiger partial charge in [0.25, 0.3) is 0 Å². The maximum atomic E-state index is 6.04. The molecule has 0 spiro atoms. The summed E-state index contributed by atoms with van der Waals surface area (Å²) in [5, 5.41) is 6.77. The van der Waals surface area contributed by atoms with E-state index in [-0.39, 0.29) is 30.1 Å². The fraction of sp³-hybridized carbons (Fsp3) is 0.458. The Kier molecular flexibility index (Phi) is 9.42. The zero-order valence-corrected chi connectivity index (χ0v) is 20.3. The van der Waals surface area contributed by atoms with Gasteiger partial charge in [-0.15, -0.1) is 24.0 Å². The van der Waals surface area contributed by atoms with E-state index in [9.17, 15) is 0 Å². The van der Waals surface area contributed by atoms with Crippen molar-refractivity contribution in [3.8, 4) is 5.75 Å². The van der Waals surface area contributed by atoms with Gasteiger partial charge in [0.05, 0.1) is 19.3 Å². The van der Waals surface area contributed by atoms with Gasteiger partial charge in [-0.3, -0.25) is 4.99 Å². The molecule has 0 saturated carbocycles. The third-order valence-corrected chi connectivity index (χ3v) is 5.54. The summed E-state index contributed by atoms with van der Waals surface area (Å²) in [6, 6.07) is 16.7. The lowest BCUT2D eigenvalue weighted by Gasteiger charge is -2.22. The summed E-state index contributed by atoms with van der Waals surface area (Å²) >= 11 is 0. The van der Waals surface area contributed by atoms with Gasteiger partial charge in [0.2, 0.25) is 0 Å². The van der Waals surface area contributed by atoms with Crippen molar-refractivity contribution in [1.82, 2.24) is 10.6 Å². The molecule has 2 aromatic carbocycles. The maximum Gasteiger partial charge on any atom is 0.191 e. The Bertz CT molecular complexity index is 830. The van der Waals surface area contributed by atoms with Gasteiger partial charge in [0, 0.05) is 33.2 Å². The van der Waals surface area contributed by atoms with Crippen LogP contribution in [0.15, 0.2) is 53.5 Å². The molecule has 0 aliphatic carbocycles. The lowest BCUT2D eigenvalue weighted by molar-refractivity contribution is -0.0390. The van der Waals surface area contributed by atoms with Crippen LogP contribution in [0.25, 0.3) is 0 Å². The number of fused-ring (bicyclic) bond motifs is 1. The second kappa shape index (κ2) is 12.3. The predicted octanol–water partition coefficient (Wildman–Crippen LogP) is 3.67. The molecule has 1 fully saturated rings. The first-order valence-electron chi connectivity index (χ1n) is 10.8. The molecule has 2 aliphatic heterocycles. The lowest BCUT2D eigenvalue weighted by atomic mass is 10.1. The van der Waals surface area contributed by atoms with Crippen molar-refractivity contribution in [1.29, 1.82) is 0 Å². The largest absolute Gasteiger partial charge is 0.488 e. The van der Waals surface area contributed by atoms with E-state index in [4.69, 9.17) is 14.2 Å². The number of hydrogen-bond acceptors (Lipinski definition) is 4. The molecule has 2 N–H and O–H groups in total. The second-order valence-corrected chi connectivity index (χ2v) is 7.80. The highest BCUT2D eigenvalue weighted by Gasteiger charge is 2.22. The highest BCUT2D eigenvalue weighted by molar-refractivity contribution is 14.0. The Balaban J connectivity index is 0.00000272. The van der Waals surface area contributed by atoms with Gasteiger partial charge in [-0.25, -0.2) is 0 Å². The highest BCUT2D eigenvalue weighted by atomic mass is 127. The van der Waals surface area contributed by atoms with Gasteiger partial charge < -0.3 is 24.8 Å². The van der Waals surface area contributed by atoms with Gasteiger partial charge >= 0.3 is 0 Å². The number of nitrogens with zero attached hydrogens (tertiary/aromatic N) is 1. The van der Waals surface area contributed by atoms with E-state index in [1.807, 2.05) is 12.1 Å². The summed E-state index contributed by atoms with van der Waals surface area (Å²) in [6.45, 7) is 3.67. The van der Waals surface area contributed by atoms with E-state index in [2.05, 4.69) is 52.0 Å². The molecule has 1 saturated heterocycles. The molecule has 2 aliphatic rings. The molecule has 7 heteroatoms. The van der Waals surface area contributed by atoms with Crippen molar-refractivity contribution in [3.05, 3.63) is 65.2 Å². The molecule has 1 unspecified atom stereocenters. The molecule has 0 aromatic heterocycles. The Morgan fingerprint density at radius 1 is 1.06 bits per heavy atom. The van der Waals surface area contributed by atoms with E-state index in [0.29, 0.717) is 25.8 Å². The molecule has 0 amide bonds. The smallest absolute Gasteiger partial charge is 0.191 e. The van der Waals surface area contributed by atoms with Crippen molar-refractivity contribution in [2.75, 3.05) is 26.8 Å². The monoisotopic (exact) mass is 537 g/mol. The second-order valence-electron chi connectivity index (χ2n) is 7.80. The topological polar surface area (TPSA) is 64.1 Å². The van der Waals surface area contributed by atoms with Crippen LogP contribution in [0.5, 0.6) is 5.75 Å². The van der Waals surface area contributed by atoms with Crippen LogP contribution in [-0.4, -0.2) is 45.0 Å². The van der Waals surface area contributed by atoms with Crippen LogP contribution in [-0.2, 0) is 29.0 Å². The Morgan fingerprint density at radius 2 is 1.87 bits per heavy atom. The standard InChI is InChI=1S/C24H31N3O3.HI/c1-25-24(27-16-22-14-20-7-2-3-8-23(20)30-22)26-15-18-5-4-6-19(13-18)17-29-21-9-11-28-12-10-21;/h2-8,13,21-22H,9-12,14-17H2,1H3,(H2,25,26,27);1H. The minimum absolute atomic E-state index is 0. The third kappa shape index (κ3) is 7.08. The molecule has 2 heterocycles. The molecule has 0 bridgehead atoms. The summed E-state index contributed by atoms with van der Waals surface area (Å²) in [4.78, 5) is 4.34. The molecule has 1 atom stereocenters. The average molecular weight is 537 g/mol. The summed E-state index contributed by atoms with van der Waals surface area (Å²) in [5.74, 6) is 1.77. The molecule has 0 radical (unpaired) electrons. The fourth-order valence-electron chi connectivity index (χ4n) is 3.87. The van der Waals surface area contributed by atoms with Crippen LogP contribution >= 0.6 is 24.0 Å². The number of nitrogens with one attached hydrogen (secondary N) is 2. The highest BCUT2D eigenvalue weighted by Crippen LogP contribution is 2.27. The quantitative estimate of drug-likeness (QED) is 0.321. The molecule has 31 heavy (non-hydrogen) atoms. The van der Waals surface area contributed by atoms with Crippen LogP contribution in [0.4, 0.5) is 0 Å². The molecule has 168 valence electrons. The van der Waals surface area contributed by atoms with Gasteiger partial charge in [-0.1, -0.05) is 42.5 Å². The first-order valence-corrected chi connectivity index (χ1v) is 10.8. The van der Waals surface area contributed by atoms with E-state index < -0.39 is 0 Å². The number of halogens is 1. The van der Waals surface area contributed by atoms with Gasteiger partial charge in [0.15, 0.2) is 5.96 Å². The summed E-state index contributed by atoms with van der Waals surface area (Å²) in [7, 11) is 1.79. The Hall–Kier alpha value is -1.84. The summed E-state index contributed by atoms with van der Waals surface area (Å²) in [5.41, 5.74) is 3.67. The van der Waals surface area contributed by atoms with Crippen molar-refractivity contribution in [2.24, 2.45) is 4.99 Å². The number of aliphatic imine (C=N–C) groups is 1. The fourth-order valence-corrected chi connectivity index (χ4v) is 3.87. The summed E-state index contributed by atoms with van der Waals surface area (Å²) in [6.07, 6.45) is 3.34. The minimum atomic E-state index is 0. The zero-order chi connectivity index (χ0) is 20.6. The minimum Gasteiger partial charge on any atom is -0.488 e. The van der Waals surface area contributed by atoms with E-state index >= 15 is 0 Å². The molecule has 4 rings (SSSR count).